The van der Waals surface area contributed by atoms with E-state index in [1.54, 1.807) is 59.1 Å². The number of rotatable bonds is 15. The van der Waals surface area contributed by atoms with Gasteiger partial charge in [-0.15, -0.1) is 21.5 Å². The van der Waals surface area contributed by atoms with Crippen molar-refractivity contribution >= 4 is 51.9 Å². The molecule has 2 N–H and O–H groups in total. The molecule has 2 heterocycles. The van der Waals surface area contributed by atoms with E-state index in [9.17, 15) is 19.2 Å². The van der Waals surface area contributed by atoms with E-state index < -0.39 is 23.1 Å². The molecular formula is C29H37N5O7S2. The van der Waals surface area contributed by atoms with Gasteiger partial charge in [0.2, 0.25) is 5.91 Å². The van der Waals surface area contributed by atoms with Crippen molar-refractivity contribution in [3.8, 4) is 5.75 Å². The first kappa shape index (κ1) is 33.6. The van der Waals surface area contributed by atoms with Gasteiger partial charge < -0.3 is 29.4 Å². The Morgan fingerprint density at radius 3 is 2.33 bits per heavy atom. The number of thiophene rings is 1. The lowest BCUT2D eigenvalue weighted by Gasteiger charge is -2.14. The quantitative estimate of drug-likeness (QED) is 0.176. The molecule has 0 radical (unpaired) electrons. The molecule has 0 aliphatic carbocycles. The van der Waals surface area contributed by atoms with Crippen molar-refractivity contribution in [2.24, 2.45) is 0 Å². The maximum Gasteiger partial charge on any atom is 0.348 e. The van der Waals surface area contributed by atoms with Gasteiger partial charge in [0, 0.05) is 12.1 Å². The van der Waals surface area contributed by atoms with E-state index in [0.717, 1.165) is 24.2 Å². The molecule has 1 atom stereocenters. The highest BCUT2D eigenvalue weighted by atomic mass is 32.2. The predicted octanol–water partition coefficient (Wildman–Crippen LogP) is 4.86. The van der Waals surface area contributed by atoms with Crippen molar-refractivity contribution < 1.29 is 33.4 Å². The Morgan fingerprint density at radius 2 is 1.70 bits per heavy atom. The van der Waals surface area contributed by atoms with Crippen molar-refractivity contribution in [1.29, 1.82) is 0 Å². The third kappa shape index (κ3) is 8.57. The zero-order valence-electron chi connectivity index (χ0n) is 25.1. The first-order valence-electron chi connectivity index (χ1n) is 13.9. The molecule has 1 aromatic carbocycles. The van der Waals surface area contributed by atoms with Gasteiger partial charge in [0.05, 0.1) is 37.7 Å². The van der Waals surface area contributed by atoms with Gasteiger partial charge in [0.25, 0.3) is 5.91 Å². The normalized spacial score (nSPS) is 11.5. The number of hydrogen-bond donors (Lipinski definition) is 2. The highest BCUT2D eigenvalue weighted by Crippen LogP contribution is 2.35. The summed E-state index contributed by atoms with van der Waals surface area (Å²) in [7, 11) is 1.56. The summed E-state index contributed by atoms with van der Waals surface area (Å²) < 4.78 is 17.3. The number of aromatic nitrogens is 3. The van der Waals surface area contributed by atoms with E-state index in [4.69, 9.17) is 14.2 Å². The van der Waals surface area contributed by atoms with Crippen molar-refractivity contribution in [3.63, 3.8) is 0 Å². The number of anilines is 1. The molecule has 232 valence electrons. The number of amides is 2. The molecule has 2 amide bonds. The third-order valence-corrected chi connectivity index (χ3v) is 8.53. The van der Waals surface area contributed by atoms with E-state index in [0.29, 0.717) is 34.4 Å². The van der Waals surface area contributed by atoms with Gasteiger partial charge in [-0.1, -0.05) is 25.1 Å². The molecule has 0 aliphatic rings. The molecule has 14 heteroatoms. The fourth-order valence-electron chi connectivity index (χ4n) is 3.95. The Balaban J connectivity index is 1.76. The van der Waals surface area contributed by atoms with Crippen LogP contribution in [0, 0.1) is 6.92 Å². The van der Waals surface area contributed by atoms with E-state index in [1.165, 1.54) is 11.8 Å². The molecule has 0 aliphatic heterocycles. The van der Waals surface area contributed by atoms with E-state index >= 15 is 0 Å². The lowest BCUT2D eigenvalue weighted by Crippen LogP contribution is -2.25. The van der Waals surface area contributed by atoms with Crippen LogP contribution in [0.2, 0.25) is 0 Å². The molecule has 0 saturated heterocycles. The smallest absolute Gasteiger partial charge is 0.348 e. The van der Waals surface area contributed by atoms with Crippen molar-refractivity contribution in [2.75, 3.05) is 25.6 Å². The van der Waals surface area contributed by atoms with Gasteiger partial charge in [0.1, 0.15) is 15.6 Å². The molecular weight excluding hydrogens is 594 g/mol. The Kier molecular flexibility index (Phi) is 12.6. The molecule has 2 aromatic heterocycles. The Bertz CT molecular complexity index is 1440. The zero-order chi connectivity index (χ0) is 31.5. The monoisotopic (exact) mass is 631 g/mol. The van der Waals surface area contributed by atoms with Crippen LogP contribution in [0.15, 0.2) is 29.4 Å². The molecule has 0 fully saturated rings. The molecule has 0 bridgehead atoms. The number of thioether (sulfide) groups is 1. The Morgan fingerprint density at radius 1 is 1.02 bits per heavy atom. The van der Waals surface area contributed by atoms with Gasteiger partial charge in [-0.25, -0.2) is 9.59 Å². The lowest BCUT2D eigenvalue weighted by molar-refractivity contribution is -0.115. The molecule has 3 aromatic rings. The molecule has 43 heavy (non-hydrogen) atoms. The van der Waals surface area contributed by atoms with Gasteiger partial charge in [-0.05, 0) is 63.9 Å². The molecule has 0 saturated carbocycles. The minimum Gasteiger partial charge on any atom is -0.497 e. The van der Waals surface area contributed by atoms with Crippen LogP contribution < -0.4 is 15.4 Å². The summed E-state index contributed by atoms with van der Waals surface area (Å²) >= 11 is 2.17. The first-order chi connectivity index (χ1) is 20.6. The zero-order valence-corrected chi connectivity index (χ0v) is 26.8. The van der Waals surface area contributed by atoms with Crippen LogP contribution in [-0.4, -0.2) is 64.1 Å². The number of carbonyl (C=O) groups excluding carboxylic acids is 4. The van der Waals surface area contributed by atoms with E-state index in [-0.39, 0.29) is 41.1 Å². The number of nitrogens with zero attached hydrogens (tertiary/aromatic N) is 3. The topological polar surface area (TPSA) is 151 Å². The number of methoxy groups -OCH3 is 1. The van der Waals surface area contributed by atoms with Crippen molar-refractivity contribution in [2.45, 2.75) is 71.0 Å². The van der Waals surface area contributed by atoms with Crippen LogP contribution in [0.1, 0.15) is 82.3 Å². The summed E-state index contributed by atoms with van der Waals surface area (Å²) in [6, 6.07) is 6.78. The molecule has 1 unspecified atom stereocenters. The van der Waals surface area contributed by atoms with Gasteiger partial charge in [0.15, 0.2) is 11.0 Å². The number of esters is 2. The van der Waals surface area contributed by atoms with Gasteiger partial charge in [-0.2, -0.15) is 0 Å². The third-order valence-electron chi connectivity index (χ3n) is 6.26. The largest absolute Gasteiger partial charge is 0.497 e. The van der Waals surface area contributed by atoms with Crippen LogP contribution in [0.5, 0.6) is 5.75 Å². The maximum atomic E-state index is 13.3. The fraction of sp³-hybridized carbons (Fsp3) is 0.448. The average molecular weight is 632 g/mol. The first-order valence-corrected chi connectivity index (χ1v) is 15.6. The number of nitrogens with one attached hydrogen (secondary N) is 2. The van der Waals surface area contributed by atoms with Crippen LogP contribution in [0.3, 0.4) is 0 Å². The number of benzene rings is 1. The highest BCUT2D eigenvalue weighted by Gasteiger charge is 2.29. The number of unbranched alkanes of at least 4 members (excludes halogenated alkanes) is 1. The summed E-state index contributed by atoms with van der Waals surface area (Å²) in [5.74, 6) is -0.659. The van der Waals surface area contributed by atoms with Crippen LogP contribution in [-0.2, 0) is 27.4 Å². The van der Waals surface area contributed by atoms with Gasteiger partial charge in [-0.3, -0.25) is 9.59 Å². The molecule has 0 spiro atoms. The summed E-state index contributed by atoms with van der Waals surface area (Å²) in [6.45, 7) is 9.82. The SMILES string of the molecule is CCCCn1c(CNC(=O)c2ccc(OC)cc2)nnc1SC(C)C(=O)Nc1sc(C(=O)OCC)c(C)c1C(=O)OCC. The number of hydrogen-bond acceptors (Lipinski definition) is 11. The van der Waals surface area contributed by atoms with Crippen LogP contribution in [0.4, 0.5) is 5.00 Å². The van der Waals surface area contributed by atoms with Crippen LogP contribution >= 0.6 is 23.1 Å². The summed E-state index contributed by atoms with van der Waals surface area (Å²) in [4.78, 5) is 51.4. The molecule has 12 nitrogen and oxygen atoms in total. The fourth-order valence-corrected chi connectivity index (χ4v) is 5.93. The standard InChI is InChI=1S/C29H37N5O7S2/c1-7-10-15-34-21(16-30-25(36)19-11-13-20(39-6)14-12-19)32-33-29(34)42-18(5)24(35)31-26-22(27(37)40-8-2)17(4)23(43-26)28(38)41-9-3/h11-14,18H,7-10,15-16H2,1-6H3,(H,30,36)(H,31,35). The lowest BCUT2D eigenvalue weighted by atomic mass is 10.1. The predicted molar refractivity (Wildman–Crippen MR) is 164 cm³/mol. The highest BCUT2D eigenvalue weighted by molar-refractivity contribution is 8.00. The average Bonchev–Trinajstić information content (AvgIpc) is 3.53. The minimum atomic E-state index is -0.644. The Labute approximate surface area is 258 Å². The van der Waals surface area contributed by atoms with Crippen molar-refractivity contribution in [3.05, 3.63) is 51.7 Å². The second-order valence-electron chi connectivity index (χ2n) is 9.27. The van der Waals surface area contributed by atoms with E-state index in [2.05, 4.69) is 27.8 Å². The molecule has 3 rings (SSSR count). The maximum absolute atomic E-state index is 13.3. The van der Waals surface area contributed by atoms with Gasteiger partial charge >= 0.3 is 11.9 Å². The Hall–Kier alpha value is -3.91. The van der Waals surface area contributed by atoms with E-state index in [1.807, 2.05) is 4.57 Å². The van der Waals surface area contributed by atoms with Crippen molar-refractivity contribution in [1.82, 2.24) is 20.1 Å². The van der Waals surface area contributed by atoms with Crippen LogP contribution in [0.25, 0.3) is 0 Å². The summed E-state index contributed by atoms with van der Waals surface area (Å²) in [5.41, 5.74) is 0.997. The second kappa shape index (κ2) is 16.1. The second-order valence-corrected chi connectivity index (χ2v) is 11.6. The summed E-state index contributed by atoms with van der Waals surface area (Å²) in [6.07, 6.45) is 1.77. The number of carbonyl (C=O) groups is 4. The minimum absolute atomic E-state index is 0.126. The number of ether oxygens (including phenoxy) is 3. The summed E-state index contributed by atoms with van der Waals surface area (Å²) in [5, 5.41) is 14.3.